The zero-order valence-corrected chi connectivity index (χ0v) is 28.2. The summed E-state index contributed by atoms with van der Waals surface area (Å²) in [7, 11) is 1.69. The summed E-state index contributed by atoms with van der Waals surface area (Å²) in [5.74, 6) is -0.140. The molecule has 0 bridgehead atoms. The van der Waals surface area contributed by atoms with Gasteiger partial charge in [-0.05, 0) is 77.6 Å². The van der Waals surface area contributed by atoms with Crippen molar-refractivity contribution < 1.29 is 14.6 Å². The molecule has 0 spiro atoms. The smallest absolute Gasteiger partial charge is 0.255 e. The second-order valence-electron chi connectivity index (χ2n) is 13.6. The van der Waals surface area contributed by atoms with Gasteiger partial charge in [0, 0.05) is 69.8 Å². The summed E-state index contributed by atoms with van der Waals surface area (Å²) in [4.78, 5) is 34.7. The lowest BCUT2D eigenvalue weighted by Crippen LogP contribution is -2.47. The fraction of sp³-hybridized carbons (Fsp3) is 0.410. The average Bonchev–Trinajstić information content (AvgIpc) is 3.76. The lowest BCUT2D eigenvalue weighted by Gasteiger charge is -2.38. The number of nitrogens with one attached hydrogen (secondary N) is 1. The van der Waals surface area contributed by atoms with Crippen LogP contribution in [0.5, 0.6) is 0 Å². The first kappa shape index (κ1) is 33.2. The van der Waals surface area contributed by atoms with Gasteiger partial charge >= 0.3 is 0 Å². The number of piperazine rings is 1. The van der Waals surface area contributed by atoms with Crippen LogP contribution in [0, 0.1) is 0 Å². The summed E-state index contributed by atoms with van der Waals surface area (Å²) < 4.78 is 7.85. The van der Waals surface area contributed by atoms with Gasteiger partial charge < -0.3 is 25.5 Å². The van der Waals surface area contributed by atoms with Crippen molar-refractivity contribution >= 4 is 11.7 Å². The third-order valence-electron chi connectivity index (χ3n) is 10.6. The number of aryl methyl sites for hydroxylation is 2. The normalized spacial score (nSPS) is 21.1. The highest BCUT2D eigenvalue weighted by Crippen LogP contribution is 2.38. The fourth-order valence-corrected chi connectivity index (χ4v) is 7.67. The Morgan fingerprint density at radius 1 is 0.959 bits per heavy atom. The molecule has 0 unspecified atom stereocenters. The predicted molar refractivity (Wildman–Crippen MR) is 191 cm³/mol. The zero-order chi connectivity index (χ0) is 33.9. The van der Waals surface area contributed by atoms with E-state index in [4.69, 9.17) is 10.5 Å². The van der Waals surface area contributed by atoms with Crippen molar-refractivity contribution in [3.63, 3.8) is 0 Å². The molecule has 3 heterocycles. The summed E-state index contributed by atoms with van der Waals surface area (Å²) in [6.07, 6.45) is 8.13. The molecule has 1 saturated heterocycles. The van der Waals surface area contributed by atoms with Crippen LogP contribution in [0.3, 0.4) is 0 Å². The third-order valence-corrected chi connectivity index (χ3v) is 10.6. The van der Waals surface area contributed by atoms with Crippen molar-refractivity contribution in [3.05, 3.63) is 106 Å². The highest BCUT2D eigenvalue weighted by molar-refractivity contribution is 5.99. The molecule has 49 heavy (non-hydrogen) atoms. The number of carbonyl (C=O) groups excluding carboxylic acids is 1. The Morgan fingerprint density at radius 3 is 2.51 bits per heavy atom. The van der Waals surface area contributed by atoms with E-state index in [1.54, 1.807) is 25.5 Å². The van der Waals surface area contributed by atoms with E-state index in [1.165, 1.54) is 39.3 Å². The molecule has 1 aliphatic heterocycles. The lowest BCUT2D eigenvalue weighted by atomic mass is 9.98. The molecule has 0 radical (unpaired) electrons. The molecule has 1 saturated carbocycles. The molecule has 2 fully saturated rings. The standard InChI is InChI=1S/C39H46N6O4/c1-43-14-13-29(23-37(43)47)31-22-33(38(40)41-24-31)39(48)42-34-3-2-4-36(34)49-25-26-5-7-27(8-6-26)28-9-11-32-30(21-28)10-12-35(32)45-17-15-44(16-18-45)19-20-46/h5-9,11,13-14,21-24,34-36,46H,2-4,10,12,15-20,25H2,1H3,(H2,40,41)(H,42,48)/t34-,35-,36-/m0/s1. The molecule has 3 atom stereocenters. The van der Waals surface area contributed by atoms with Crippen LogP contribution < -0.4 is 16.6 Å². The number of aromatic nitrogens is 2. The molecule has 10 nitrogen and oxygen atoms in total. The van der Waals surface area contributed by atoms with E-state index in [0.717, 1.165) is 64.0 Å². The number of aliphatic hydroxyl groups is 1. The van der Waals surface area contributed by atoms with Crippen LogP contribution >= 0.6 is 0 Å². The van der Waals surface area contributed by atoms with E-state index in [0.29, 0.717) is 29.3 Å². The molecule has 2 aromatic heterocycles. The largest absolute Gasteiger partial charge is 0.395 e. The predicted octanol–water partition coefficient (Wildman–Crippen LogP) is 4.16. The number of aliphatic hydroxyl groups excluding tert-OH is 1. The highest BCUT2D eigenvalue weighted by Gasteiger charge is 2.31. The van der Waals surface area contributed by atoms with Crippen molar-refractivity contribution in [2.24, 2.45) is 7.05 Å². The van der Waals surface area contributed by atoms with E-state index >= 15 is 0 Å². The fourth-order valence-electron chi connectivity index (χ4n) is 7.67. The number of fused-ring (bicyclic) bond motifs is 1. The lowest BCUT2D eigenvalue weighted by molar-refractivity contribution is 0.0272. The number of nitrogens with two attached hydrogens (primary N) is 1. The Morgan fingerprint density at radius 2 is 1.73 bits per heavy atom. The zero-order valence-electron chi connectivity index (χ0n) is 28.2. The molecular formula is C39H46N6O4. The Kier molecular flexibility index (Phi) is 9.91. The number of amides is 1. The number of ether oxygens (including phenoxy) is 1. The Labute approximate surface area is 287 Å². The Hall–Kier alpha value is -4.35. The van der Waals surface area contributed by atoms with Gasteiger partial charge in [0.15, 0.2) is 0 Å². The maximum absolute atomic E-state index is 13.4. The number of pyridine rings is 2. The molecule has 3 aliphatic rings. The first-order chi connectivity index (χ1) is 23.9. The van der Waals surface area contributed by atoms with E-state index < -0.39 is 0 Å². The number of hydrogen-bond acceptors (Lipinski definition) is 8. The van der Waals surface area contributed by atoms with E-state index in [9.17, 15) is 14.7 Å². The molecular weight excluding hydrogens is 616 g/mol. The van der Waals surface area contributed by atoms with Crippen LogP contribution in [-0.4, -0.2) is 81.8 Å². The molecule has 2 aromatic carbocycles. The maximum atomic E-state index is 13.4. The van der Waals surface area contributed by atoms with Gasteiger partial charge in [-0.3, -0.25) is 19.4 Å². The van der Waals surface area contributed by atoms with E-state index in [-0.39, 0.29) is 36.0 Å². The third kappa shape index (κ3) is 7.33. The van der Waals surface area contributed by atoms with Gasteiger partial charge in [-0.15, -0.1) is 0 Å². The van der Waals surface area contributed by atoms with Crippen molar-refractivity contribution in [2.45, 2.75) is 56.9 Å². The van der Waals surface area contributed by atoms with E-state index in [1.807, 2.05) is 6.07 Å². The second-order valence-corrected chi connectivity index (χ2v) is 13.6. The average molecular weight is 663 g/mol. The summed E-state index contributed by atoms with van der Waals surface area (Å²) >= 11 is 0. The maximum Gasteiger partial charge on any atom is 0.255 e. The molecule has 2 aliphatic carbocycles. The molecule has 7 rings (SSSR count). The van der Waals surface area contributed by atoms with Crippen molar-refractivity contribution in [1.82, 2.24) is 24.7 Å². The van der Waals surface area contributed by atoms with Crippen LogP contribution in [0.4, 0.5) is 5.82 Å². The van der Waals surface area contributed by atoms with Crippen LogP contribution in [0.1, 0.15) is 58.8 Å². The van der Waals surface area contributed by atoms with Crippen LogP contribution in [-0.2, 0) is 24.8 Å². The summed E-state index contributed by atoms with van der Waals surface area (Å²) in [5.41, 5.74) is 14.1. The minimum absolute atomic E-state index is 0.0968. The minimum atomic E-state index is -0.290. The van der Waals surface area contributed by atoms with Gasteiger partial charge in [-0.25, -0.2) is 4.98 Å². The number of nitrogens with zero attached hydrogens (tertiary/aromatic N) is 4. The number of benzene rings is 2. The minimum Gasteiger partial charge on any atom is -0.395 e. The first-order valence-electron chi connectivity index (χ1n) is 17.5. The molecule has 4 N–H and O–H groups in total. The van der Waals surface area contributed by atoms with Crippen LogP contribution in [0.15, 0.2) is 77.9 Å². The van der Waals surface area contributed by atoms with Crippen molar-refractivity contribution in [2.75, 3.05) is 45.1 Å². The summed E-state index contributed by atoms with van der Waals surface area (Å²) in [5, 5.41) is 12.4. The molecule has 4 aromatic rings. The Balaban J connectivity index is 0.944. The summed E-state index contributed by atoms with van der Waals surface area (Å²) in [6.45, 7) is 5.64. The number of β-amino-alcohol motifs (C(OH)–C–C–N with tert-alkyl or cyclic N) is 1. The quantitative estimate of drug-likeness (QED) is 0.231. The monoisotopic (exact) mass is 662 g/mol. The first-order valence-corrected chi connectivity index (χ1v) is 17.5. The second kappa shape index (κ2) is 14.6. The number of carbonyl (C=O) groups is 1. The van der Waals surface area contributed by atoms with Gasteiger partial charge in [0.1, 0.15) is 5.82 Å². The van der Waals surface area contributed by atoms with E-state index in [2.05, 4.69) is 62.6 Å². The van der Waals surface area contributed by atoms with Gasteiger partial charge in [-0.1, -0.05) is 42.5 Å². The number of nitrogen functional groups attached to an aromatic ring is 1. The Bertz CT molecular complexity index is 1850. The summed E-state index contributed by atoms with van der Waals surface area (Å²) in [6, 6.07) is 21.0. The topological polar surface area (TPSA) is 126 Å². The molecule has 1 amide bonds. The van der Waals surface area contributed by atoms with Crippen LogP contribution in [0.25, 0.3) is 22.3 Å². The molecule has 256 valence electrons. The number of hydrogen-bond donors (Lipinski definition) is 3. The van der Waals surface area contributed by atoms with Crippen molar-refractivity contribution in [3.8, 4) is 22.3 Å². The van der Waals surface area contributed by atoms with Gasteiger partial charge in [0.05, 0.1) is 30.9 Å². The van der Waals surface area contributed by atoms with Gasteiger partial charge in [0.25, 0.3) is 11.5 Å². The number of rotatable bonds is 10. The van der Waals surface area contributed by atoms with Crippen molar-refractivity contribution in [1.29, 1.82) is 0 Å². The number of anilines is 1. The van der Waals surface area contributed by atoms with Gasteiger partial charge in [0.2, 0.25) is 0 Å². The van der Waals surface area contributed by atoms with Crippen LogP contribution in [0.2, 0.25) is 0 Å². The SMILES string of the molecule is Cn1ccc(-c2cnc(N)c(C(=O)N[C@H]3CCC[C@@H]3OCc3ccc(-c4ccc5c(c4)CC[C@@H]5N4CCN(CCO)CC4)cc3)c2)cc1=O. The highest BCUT2D eigenvalue weighted by atomic mass is 16.5. The molecule has 10 heteroatoms. The van der Waals surface area contributed by atoms with Gasteiger partial charge in [-0.2, -0.15) is 0 Å².